The molecule has 7 heteroatoms. The Morgan fingerprint density at radius 3 is 2.41 bits per heavy atom. The summed E-state index contributed by atoms with van der Waals surface area (Å²) in [5.74, 6) is 1.86. The molecule has 0 aliphatic rings. The molecule has 0 unspecified atom stereocenters. The third kappa shape index (κ3) is 3.72. The fourth-order valence-electron chi connectivity index (χ4n) is 2.13. The second kappa shape index (κ2) is 6.72. The van der Waals surface area contributed by atoms with Crippen LogP contribution in [0.15, 0.2) is 8.94 Å². The van der Waals surface area contributed by atoms with E-state index in [-0.39, 0.29) is 17.9 Å². The van der Waals surface area contributed by atoms with Gasteiger partial charge >= 0.3 is 0 Å². The highest BCUT2D eigenvalue weighted by Gasteiger charge is 2.18. The molecule has 7 nitrogen and oxygen atoms in total. The molecule has 1 amide bonds. The van der Waals surface area contributed by atoms with Gasteiger partial charge in [0.05, 0.1) is 5.69 Å². The molecular formula is C15H22N4O3. The third-order valence-corrected chi connectivity index (χ3v) is 3.48. The zero-order valence-corrected chi connectivity index (χ0v) is 13.6. The van der Waals surface area contributed by atoms with Crippen LogP contribution in [0.5, 0.6) is 0 Å². The summed E-state index contributed by atoms with van der Waals surface area (Å²) < 4.78 is 10.6. The summed E-state index contributed by atoms with van der Waals surface area (Å²) in [5, 5.41) is 14.7. The van der Waals surface area contributed by atoms with Gasteiger partial charge in [-0.15, -0.1) is 10.2 Å². The van der Waals surface area contributed by atoms with E-state index in [2.05, 4.69) is 20.7 Å². The van der Waals surface area contributed by atoms with Gasteiger partial charge in [-0.25, -0.2) is 0 Å². The summed E-state index contributed by atoms with van der Waals surface area (Å²) in [6.07, 6.45) is 0.958. The van der Waals surface area contributed by atoms with Crippen LogP contribution < -0.4 is 5.32 Å². The molecule has 0 aromatic carbocycles. The Labute approximate surface area is 129 Å². The minimum atomic E-state index is -0.308. The summed E-state index contributed by atoms with van der Waals surface area (Å²) in [7, 11) is 0. The predicted octanol–water partition coefficient (Wildman–Crippen LogP) is 2.61. The lowest BCUT2D eigenvalue weighted by Crippen LogP contribution is -2.27. The standard InChI is InChI=1S/C15H22N4O3/c1-8(2)14-17-18-15(21-14)10(4)16-13(20)7-6-12-9(3)19-22-11(12)5/h8,10H,6-7H2,1-5H3,(H,16,20)/t10-/m0/s1. The molecule has 0 saturated carbocycles. The smallest absolute Gasteiger partial charge is 0.238 e. The van der Waals surface area contributed by atoms with Gasteiger partial charge in [0.25, 0.3) is 0 Å². The van der Waals surface area contributed by atoms with Gasteiger partial charge in [0.1, 0.15) is 11.8 Å². The quantitative estimate of drug-likeness (QED) is 0.881. The first kappa shape index (κ1) is 16.2. The molecule has 0 bridgehead atoms. The number of rotatable bonds is 6. The molecule has 22 heavy (non-hydrogen) atoms. The van der Waals surface area contributed by atoms with Crippen molar-refractivity contribution in [2.45, 2.75) is 59.4 Å². The van der Waals surface area contributed by atoms with Crippen molar-refractivity contribution in [1.29, 1.82) is 0 Å². The molecule has 2 rings (SSSR count). The number of hydrogen-bond acceptors (Lipinski definition) is 6. The van der Waals surface area contributed by atoms with Crippen molar-refractivity contribution in [2.24, 2.45) is 0 Å². The highest BCUT2D eigenvalue weighted by atomic mass is 16.5. The molecule has 0 aliphatic heterocycles. The van der Waals surface area contributed by atoms with Crippen LogP contribution in [-0.2, 0) is 11.2 Å². The van der Waals surface area contributed by atoms with Crippen molar-refractivity contribution in [3.05, 3.63) is 28.8 Å². The highest BCUT2D eigenvalue weighted by Crippen LogP contribution is 2.17. The summed E-state index contributed by atoms with van der Waals surface area (Å²) >= 11 is 0. The van der Waals surface area contributed by atoms with Crippen LogP contribution >= 0.6 is 0 Å². The number of aryl methyl sites for hydroxylation is 2. The van der Waals surface area contributed by atoms with Gasteiger partial charge in [0, 0.05) is 17.9 Å². The lowest BCUT2D eigenvalue weighted by molar-refractivity contribution is -0.121. The minimum Gasteiger partial charge on any atom is -0.423 e. The maximum atomic E-state index is 12.0. The van der Waals surface area contributed by atoms with E-state index in [9.17, 15) is 4.79 Å². The lowest BCUT2D eigenvalue weighted by atomic mass is 10.1. The summed E-state index contributed by atoms with van der Waals surface area (Å²) in [6, 6.07) is -0.308. The Morgan fingerprint density at radius 1 is 1.18 bits per heavy atom. The predicted molar refractivity (Wildman–Crippen MR) is 79.2 cm³/mol. The van der Waals surface area contributed by atoms with Gasteiger partial charge < -0.3 is 14.3 Å². The summed E-state index contributed by atoms with van der Waals surface area (Å²) in [5.41, 5.74) is 1.82. The summed E-state index contributed by atoms with van der Waals surface area (Å²) in [6.45, 7) is 9.50. The van der Waals surface area contributed by atoms with Crippen LogP contribution in [0, 0.1) is 13.8 Å². The highest BCUT2D eigenvalue weighted by molar-refractivity contribution is 5.76. The molecular weight excluding hydrogens is 284 g/mol. The third-order valence-electron chi connectivity index (χ3n) is 3.48. The van der Waals surface area contributed by atoms with Crippen LogP contribution in [0.4, 0.5) is 0 Å². The van der Waals surface area contributed by atoms with Crippen LogP contribution in [0.3, 0.4) is 0 Å². The number of nitrogens with zero attached hydrogens (tertiary/aromatic N) is 3. The molecule has 1 atom stereocenters. The van der Waals surface area contributed by atoms with E-state index in [1.165, 1.54) is 0 Å². The molecule has 1 N–H and O–H groups in total. The van der Waals surface area contributed by atoms with E-state index in [4.69, 9.17) is 8.94 Å². The Hall–Kier alpha value is -2.18. The van der Waals surface area contributed by atoms with E-state index in [0.717, 1.165) is 17.0 Å². The maximum Gasteiger partial charge on any atom is 0.238 e. The number of hydrogen-bond donors (Lipinski definition) is 1. The SMILES string of the molecule is Cc1noc(C)c1CCC(=O)N[C@@H](C)c1nnc(C(C)C)o1. The Balaban J connectivity index is 1.88. The van der Waals surface area contributed by atoms with Crippen LogP contribution in [0.25, 0.3) is 0 Å². The minimum absolute atomic E-state index is 0.0724. The second-order valence-corrected chi connectivity index (χ2v) is 5.73. The van der Waals surface area contributed by atoms with Crippen molar-refractivity contribution in [2.75, 3.05) is 0 Å². The number of carbonyl (C=O) groups is 1. The Morgan fingerprint density at radius 2 is 1.86 bits per heavy atom. The second-order valence-electron chi connectivity index (χ2n) is 5.73. The normalized spacial score (nSPS) is 12.6. The molecule has 120 valence electrons. The number of aromatic nitrogens is 3. The molecule has 0 saturated heterocycles. The van der Waals surface area contributed by atoms with Crippen molar-refractivity contribution in [3.63, 3.8) is 0 Å². The van der Waals surface area contributed by atoms with E-state index in [1.807, 2.05) is 34.6 Å². The van der Waals surface area contributed by atoms with Gasteiger partial charge in [-0.3, -0.25) is 4.79 Å². The van der Waals surface area contributed by atoms with Crippen LogP contribution in [-0.4, -0.2) is 21.3 Å². The van der Waals surface area contributed by atoms with Gasteiger partial charge in [-0.05, 0) is 27.2 Å². The Bertz CT molecular complexity index is 626. The van der Waals surface area contributed by atoms with Crippen molar-refractivity contribution < 1.29 is 13.7 Å². The van der Waals surface area contributed by atoms with Gasteiger partial charge in [0.2, 0.25) is 17.7 Å². The first-order valence-corrected chi connectivity index (χ1v) is 7.43. The molecule has 0 spiro atoms. The average Bonchev–Trinajstić information content (AvgIpc) is 3.05. The number of amides is 1. The fourth-order valence-corrected chi connectivity index (χ4v) is 2.13. The lowest BCUT2D eigenvalue weighted by Gasteiger charge is -2.09. The van der Waals surface area contributed by atoms with E-state index >= 15 is 0 Å². The molecule has 2 aromatic rings. The Kier molecular flexibility index (Phi) is 4.95. The van der Waals surface area contributed by atoms with E-state index in [1.54, 1.807) is 0 Å². The van der Waals surface area contributed by atoms with Crippen LogP contribution in [0.2, 0.25) is 0 Å². The van der Waals surface area contributed by atoms with E-state index in [0.29, 0.717) is 24.6 Å². The molecule has 0 aliphatic carbocycles. The number of carbonyl (C=O) groups excluding carboxylic acids is 1. The van der Waals surface area contributed by atoms with Crippen molar-refractivity contribution >= 4 is 5.91 Å². The van der Waals surface area contributed by atoms with Crippen molar-refractivity contribution in [1.82, 2.24) is 20.7 Å². The monoisotopic (exact) mass is 306 g/mol. The summed E-state index contributed by atoms with van der Waals surface area (Å²) in [4.78, 5) is 12.0. The zero-order valence-electron chi connectivity index (χ0n) is 13.6. The first-order chi connectivity index (χ1) is 10.4. The molecule has 2 aromatic heterocycles. The average molecular weight is 306 g/mol. The van der Waals surface area contributed by atoms with E-state index < -0.39 is 0 Å². The first-order valence-electron chi connectivity index (χ1n) is 7.43. The fraction of sp³-hybridized carbons (Fsp3) is 0.600. The van der Waals surface area contributed by atoms with Gasteiger partial charge in [0.15, 0.2) is 0 Å². The number of nitrogens with one attached hydrogen (secondary N) is 1. The topological polar surface area (TPSA) is 94.1 Å². The molecule has 2 heterocycles. The van der Waals surface area contributed by atoms with Crippen LogP contribution in [0.1, 0.15) is 68.0 Å². The van der Waals surface area contributed by atoms with Gasteiger partial charge in [-0.2, -0.15) is 0 Å². The largest absolute Gasteiger partial charge is 0.423 e. The maximum absolute atomic E-state index is 12.0. The molecule has 0 radical (unpaired) electrons. The zero-order chi connectivity index (χ0) is 16.3. The van der Waals surface area contributed by atoms with Crippen molar-refractivity contribution in [3.8, 4) is 0 Å². The molecule has 0 fully saturated rings. The van der Waals surface area contributed by atoms with Gasteiger partial charge in [-0.1, -0.05) is 19.0 Å².